The summed E-state index contributed by atoms with van der Waals surface area (Å²) in [5.41, 5.74) is 0. The Labute approximate surface area is 112 Å². The number of hydrogen-bond donors (Lipinski definition) is 3. The van der Waals surface area contributed by atoms with Gasteiger partial charge in [0.2, 0.25) is 15.9 Å². The minimum atomic E-state index is -3.52. The topological polar surface area (TPSA) is 122 Å². The fourth-order valence-corrected chi connectivity index (χ4v) is 1.92. The molecule has 0 spiro atoms. The summed E-state index contributed by atoms with van der Waals surface area (Å²) in [4.78, 5) is 21.5. The summed E-state index contributed by atoms with van der Waals surface area (Å²) < 4.78 is 29.8. The van der Waals surface area contributed by atoms with Crippen LogP contribution in [0, 0.1) is 0 Å². The molecule has 9 heteroatoms. The molecule has 0 atom stereocenters. The van der Waals surface area contributed by atoms with Crippen LogP contribution in [0.1, 0.15) is 19.8 Å². The van der Waals surface area contributed by atoms with E-state index in [1.54, 1.807) is 6.92 Å². The summed E-state index contributed by atoms with van der Waals surface area (Å²) in [5.74, 6) is -1.64. The van der Waals surface area contributed by atoms with Crippen molar-refractivity contribution in [2.75, 3.05) is 32.1 Å². The number of ether oxygens (including phenoxy) is 1. The number of carbonyl (C=O) groups is 2. The lowest BCUT2D eigenvalue weighted by molar-refractivity contribution is -0.137. The van der Waals surface area contributed by atoms with Crippen LogP contribution in [0.15, 0.2) is 0 Å². The van der Waals surface area contributed by atoms with Crippen molar-refractivity contribution in [3.8, 4) is 0 Å². The number of carboxylic acids is 1. The number of carbonyl (C=O) groups excluding carboxylic acids is 1. The highest BCUT2D eigenvalue weighted by atomic mass is 32.2. The average Bonchev–Trinajstić information content (AvgIpc) is 2.32. The molecule has 0 aliphatic heterocycles. The first-order chi connectivity index (χ1) is 8.87. The van der Waals surface area contributed by atoms with Gasteiger partial charge in [-0.05, 0) is 13.3 Å². The van der Waals surface area contributed by atoms with Gasteiger partial charge in [0.15, 0.2) is 0 Å². The van der Waals surface area contributed by atoms with E-state index in [4.69, 9.17) is 9.84 Å². The Hall–Kier alpha value is -1.19. The highest BCUT2D eigenvalue weighted by molar-refractivity contribution is 7.89. The number of aliphatic carboxylic acids is 1. The number of carboxylic acid groups (broad SMARTS) is 1. The van der Waals surface area contributed by atoms with E-state index in [1.807, 2.05) is 0 Å². The Balaban J connectivity index is 3.73. The fourth-order valence-electron chi connectivity index (χ4n) is 1.09. The second kappa shape index (κ2) is 9.70. The first-order valence-corrected chi connectivity index (χ1v) is 7.56. The first-order valence-electron chi connectivity index (χ1n) is 5.91. The molecule has 0 aromatic rings. The zero-order valence-corrected chi connectivity index (χ0v) is 11.7. The maximum absolute atomic E-state index is 11.4. The molecule has 1 amide bonds. The van der Waals surface area contributed by atoms with E-state index >= 15 is 0 Å². The highest BCUT2D eigenvalue weighted by Crippen LogP contribution is 1.87. The lowest BCUT2D eigenvalue weighted by Crippen LogP contribution is -2.38. The maximum atomic E-state index is 11.4. The lowest BCUT2D eigenvalue weighted by Gasteiger charge is -2.07. The molecule has 0 saturated carbocycles. The predicted octanol–water partition coefficient (Wildman–Crippen LogP) is -1.08. The van der Waals surface area contributed by atoms with Crippen LogP contribution in [0.3, 0.4) is 0 Å². The van der Waals surface area contributed by atoms with E-state index in [0.29, 0.717) is 13.0 Å². The highest BCUT2D eigenvalue weighted by Gasteiger charge is 2.11. The maximum Gasteiger partial charge on any atom is 0.303 e. The monoisotopic (exact) mass is 296 g/mol. The van der Waals surface area contributed by atoms with E-state index < -0.39 is 21.9 Å². The van der Waals surface area contributed by atoms with Crippen molar-refractivity contribution in [3.05, 3.63) is 0 Å². The lowest BCUT2D eigenvalue weighted by atomic mass is 10.3. The molecule has 0 aromatic heterocycles. The van der Waals surface area contributed by atoms with Crippen LogP contribution in [-0.2, 0) is 24.3 Å². The van der Waals surface area contributed by atoms with E-state index in [2.05, 4.69) is 10.0 Å². The van der Waals surface area contributed by atoms with Gasteiger partial charge < -0.3 is 15.2 Å². The third kappa shape index (κ3) is 11.6. The van der Waals surface area contributed by atoms with Crippen molar-refractivity contribution < 1.29 is 27.9 Å². The van der Waals surface area contributed by atoms with Gasteiger partial charge >= 0.3 is 5.97 Å². The largest absolute Gasteiger partial charge is 0.481 e. The van der Waals surface area contributed by atoms with E-state index in [9.17, 15) is 18.0 Å². The molecule has 0 fully saturated rings. The van der Waals surface area contributed by atoms with Crippen LogP contribution in [0.5, 0.6) is 0 Å². The van der Waals surface area contributed by atoms with Crippen molar-refractivity contribution in [2.24, 2.45) is 0 Å². The van der Waals surface area contributed by atoms with Crippen molar-refractivity contribution in [3.63, 3.8) is 0 Å². The Bertz CT molecular complexity index is 381. The van der Waals surface area contributed by atoms with Gasteiger partial charge in [-0.25, -0.2) is 13.1 Å². The molecule has 112 valence electrons. The molecule has 19 heavy (non-hydrogen) atoms. The van der Waals surface area contributed by atoms with E-state index in [1.165, 1.54) is 0 Å². The summed E-state index contributed by atoms with van der Waals surface area (Å²) in [7, 11) is -3.52. The smallest absolute Gasteiger partial charge is 0.303 e. The van der Waals surface area contributed by atoms with Crippen LogP contribution in [0.2, 0.25) is 0 Å². The fraction of sp³-hybridized carbons (Fsp3) is 0.800. The number of amides is 1. The molecule has 0 aliphatic rings. The molecule has 0 unspecified atom stereocenters. The molecule has 0 rings (SSSR count). The minimum Gasteiger partial charge on any atom is -0.481 e. The van der Waals surface area contributed by atoms with Crippen molar-refractivity contribution >= 4 is 21.9 Å². The average molecular weight is 296 g/mol. The predicted molar refractivity (Wildman–Crippen MR) is 68.2 cm³/mol. The molecule has 0 bridgehead atoms. The Morgan fingerprint density at radius 2 is 2.00 bits per heavy atom. The Morgan fingerprint density at radius 3 is 2.58 bits per heavy atom. The van der Waals surface area contributed by atoms with Gasteiger partial charge in [-0.1, -0.05) is 0 Å². The standard InChI is InChI=1S/C10H20N2O6S/c1-2-18-6-7-19(16,17)12-8-9(13)11-5-3-4-10(14)15/h12H,2-8H2,1H3,(H,11,13)(H,14,15). The normalized spacial score (nSPS) is 11.2. The number of rotatable bonds is 11. The number of nitrogens with one attached hydrogen (secondary N) is 2. The first kappa shape index (κ1) is 17.8. The minimum absolute atomic E-state index is 0.0413. The van der Waals surface area contributed by atoms with Gasteiger partial charge in [0.1, 0.15) is 0 Å². The van der Waals surface area contributed by atoms with Crippen LogP contribution in [0.25, 0.3) is 0 Å². The van der Waals surface area contributed by atoms with Crippen molar-refractivity contribution in [2.45, 2.75) is 19.8 Å². The summed E-state index contributed by atoms with van der Waals surface area (Å²) in [6.45, 7) is 2.10. The molecular weight excluding hydrogens is 276 g/mol. The summed E-state index contributed by atoms with van der Waals surface area (Å²) in [6.07, 6.45) is 0.262. The summed E-state index contributed by atoms with van der Waals surface area (Å²) >= 11 is 0. The zero-order chi connectivity index (χ0) is 14.7. The van der Waals surface area contributed by atoms with Gasteiger partial charge in [-0.3, -0.25) is 9.59 Å². The van der Waals surface area contributed by atoms with Crippen LogP contribution < -0.4 is 10.0 Å². The Kier molecular flexibility index (Phi) is 9.09. The number of hydrogen-bond acceptors (Lipinski definition) is 5. The molecule has 0 saturated heterocycles. The molecule has 0 aromatic carbocycles. The third-order valence-electron chi connectivity index (χ3n) is 2.04. The molecule has 0 radical (unpaired) electrons. The van der Waals surface area contributed by atoms with Gasteiger partial charge in [0, 0.05) is 19.6 Å². The van der Waals surface area contributed by atoms with Crippen LogP contribution in [-0.4, -0.2) is 57.5 Å². The van der Waals surface area contributed by atoms with Crippen molar-refractivity contribution in [1.82, 2.24) is 10.0 Å². The van der Waals surface area contributed by atoms with E-state index in [-0.39, 0.29) is 31.9 Å². The van der Waals surface area contributed by atoms with E-state index in [0.717, 1.165) is 0 Å². The van der Waals surface area contributed by atoms with Gasteiger partial charge in [-0.2, -0.15) is 0 Å². The summed E-state index contributed by atoms with van der Waals surface area (Å²) in [5, 5.41) is 10.8. The SMILES string of the molecule is CCOCCS(=O)(=O)NCC(=O)NCCCC(=O)O. The van der Waals surface area contributed by atoms with Crippen LogP contribution >= 0.6 is 0 Å². The second-order valence-corrected chi connectivity index (χ2v) is 5.61. The van der Waals surface area contributed by atoms with Crippen LogP contribution in [0.4, 0.5) is 0 Å². The molecule has 8 nitrogen and oxygen atoms in total. The molecule has 0 aliphatic carbocycles. The Morgan fingerprint density at radius 1 is 1.32 bits per heavy atom. The van der Waals surface area contributed by atoms with Crippen molar-refractivity contribution in [1.29, 1.82) is 0 Å². The molecular formula is C10H20N2O6S. The summed E-state index contributed by atoms with van der Waals surface area (Å²) in [6, 6.07) is 0. The van der Waals surface area contributed by atoms with Gasteiger partial charge in [-0.15, -0.1) is 0 Å². The molecule has 3 N–H and O–H groups in total. The second-order valence-electron chi connectivity index (χ2n) is 3.68. The zero-order valence-electron chi connectivity index (χ0n) is 10.8. The number of sulfonamides is 1. The quantitative estimate of drug-likeness (QED) is 0.417. The van der Waals surface area contributed by atoms with Gasteiger partial charge in [0.25, 0.3) is 0 Å². The molecule has 0 heterocycles. The third-order valence-corrected chi connectivity index (χ3v) is 3.33. The van der Waals surface area contributed by atoms with Gasteiger partial charge in [0.05, 0.1) is 18.9 Å².